The molecule has 1 amide bonds. The van der Waals surface area contributed by atoms with Crippen LogP contribution in [0.25, 0.3) is 10.8 Å². The third-order valence-corrected chi connectivity index (χ3v) is 4.95. The highest BCUT2D eigenvalue weighted by atomic mass is 16.5. The lowest BCUT2D eigenvalue weighted by atomic mass is 9.95. The molecule has 4 heteroatoms. The lowest BCUT2D eigenvalue weighted by Gasteiger charge is -2.32. The van der Waals surface area contributed by atoms with Crippen LogP contribution >= 0.6 is 0 Å². The van der Waals surface area contributed by atoms with E-state index in [-0.39, 0.29) is 18.1 Å². The van der Waals surface area contributed by atoms with Crippen molar-refractivity contribution in [2.24, 2.45) is 5.92 Å². The number of amides is 1. The van der Waals surface area contributed by atoms with Crippen molar-refractivity contribution in [3.63, 3.8) is 0 Å². The van der Waals surface area contributed by atoms with Crippen LogP contribution in [-0.2, 0) is 16.0 Å². The predicted octanol–water partition coefficient (Wildman–Crippen LogP) is 3.71. The normalized spacial score (nSPS) is 20.6. The second-order valence-corrected chi connectivity index (χ2v) is 7.12. The number of carbonyl (C=O) groups is 1. The van der Waals surface area contributed by atoms with Crippen molar-refractivity contribution in [1.82, 2.24) is 5.32 Å². The summed E-state index contributed by atoms with van der Waals surface area (Å²) in [6.07, 6.45) is 2.40. The lowest BCUT2D eigenvalue weighted by Crippen LogP contribution is -2.43. The molecular formula is C21H27NO3. The van der Waals surface area contributed by atoms with Crippen molar-refractivity contribution < 1.29 is 14.3 Å². The number of ether oxygens (including phenoxy) is 2. The summed E-state index contributed by atoms with van der Waals surface area (Å²) >= 11 is 0. The first-order chi connectivity index (χ1) is 12.1. The van der Waals surface area contributed by atoms with Crippen LogP contribution in [0.2, 0.25) is 0 Å². The molecule has 0 radical (unpaired) electrons. The average Bonchev–Trinajstić information content (AvgIpc) is 2.61. The molecule has 1 aliphatic rings. The van der Waals surface area contributed by atoms with Gasteiger partial charge in [0.2, 0.25) is 5.91 Å². The topological polar surface area (TPSA) is 47.6 Å². The standard InChI is InChI=1S/C21H27NO3/c1-14(2)20-12-17(9-10-25-20)22-21(23)11-16-6-4-5-15-7-8-18(24-3)13-19(15)16/h4-8,13-14,17,20H,9-12H2,1-3H3,(H,22,23)/t17-,20-/m1/s1. The molecule has 4 nitrogen and oxygen atoms in total. The monoisotopic (exact) mass is 341 g/mol. The Balaban J connectivity index is 1.69. The van der Waals surface area contributed by atoms with Gasteiger partial charge in [-0.15, -0.1) is 0 Å². The fourth-order valence-electron chi connectivity index (χ4n) is 3.47. The van der Waals surface area contributed by atoms with E-state index in [0.717, 1.165) is 41.5 Å². The fourth-order valence-corrected chi connectivity index (χ4v) is 3.47. The molecule has 1 aliphatic heterocycles. The van der Waals surface area contributed by atoms with Crippen molar-refractivity contribution in [2.45, 2.75) is 45.3 Å². The average molecular weight is 341 g/mol. The minimum atomic E-state index is 0.0738. The second kappa shape index (κ2) is 7.87. The minimum Gasteiger partial charge on any atom is -0.497 e. The Labute approximate surface area is 149 Å². The third-order valence-electron chi connectivity index (χ3n) is 4.95. The Hall–Kier alpha value is -2.07. The van der Waals surface area contributed by atoms with Gasteiger partial charge in [0.1, 0.15) is 5.75 Å². The minimum absolute atomic E-state index is 0.0738. The van der Waals surface area contributed by atoms with Gasteiger partial charge in [0.15, 0.2) is 0 Å². The van der Waals surface area contributed by atoms with Gasteiger partial charge < -0.3 is 14.8 Å². The quantitative estimate of drug-likeness (QED) is 0.902. The van der Waals surface area contributed by atoms with Crippen LogP contribution in [-0.4, -0.2) is 31.8 Å². The molecule has 1 fully saturated rings. The largest absolute Gasteiger partial charge is 0.497 e. The van der Waals surface area contributed by atoms with E-state index in [4.69, 9.17) is 9.47 Å². The molecule has 2 atom stereocenters. The zero-order valence-electron chi connectivity index (χ0n) is 15.2. The number of hydrogen-bond acceptors (Lipinski definition) is 3. The highest BCUT2D eigenvalue weighted by Gasteiger charge is 2.26. The van der Waals surface area contributed by atoms with Gasteiger partial charge in [0.25, 0.3) is 0 Å². The molecule has 0 aromatic heterocycles. The van der Waals surface area contributed by atoms with Gasteiger partial charge in [-0.25, -0.2) is 0 Å². The van der Waals surface area contributed by atoms with E-state index in [2.05, 4.69) is 25.2 Å². The van der Waals surface area contributed by atoms with Gasteiger partial charge >= 0.3 is 0 Å². The molecule has 134 valence electrons. The lowest BCUT2D eigenvalue weighted by molar-refractivity contribution is -0.122. The molecule has 3 rings (SSSR count). The molecule has 0 spiro atoms. The summed E-state index contributed by atoms with van der Waals surface area (Å²) in [5, 5.41) is 5.39. The van der Waals surface area contributed by atoms with E-state index in [9.17, 15) is 4.79 Å². The predicted molar refractivity (Wildman–Crippen MR) is 99.9 cm³/mol. The number of fused-ring (bicyclic) bond motifs is 1. The molecule has 0 unspecified atom stereocenters. The van der Waals surface area contributed by atoms with Crippen LogP contribution in [0.15, 0.2) is 36.4 Å². The van der Waals surface area contributed by atoms with Crippen molar-refractivity contribution >= 4 is 16.7 Å². The number of methoxy groups -OCH3 is 1. The molecule has 1 N–H and O–H groups in total. The van der Waals surface area contributed by atoms with E-state index < -0.39 is 0 Å². The van der Waals surface area contributed by atoms with E-state index in [1.54, 1.807) is 7.11 Å². The summed E-state index contributed by atoms with van der Waals surface area (Å²) in [6, 6.07) is 12.3. The molecule has 0 bridgehead atoms. The van der Waals surface area contributed by atoms with Gasteiger partial charge in [-0.3, -0.25) is 4.79 Å². The number of rotatable bonds is 5. The third kappa shape index (κ3) is 4.31. The molecular weight excluding hydrogens is 314 g/mol. The summed E-state index contributed by atoms with van der Waals surface area (Å²) in [5.74, 6) is 1.36. The molecule has 2 aromatic rings. The Morgan fingerprint density at radius 1 is 1.32 bits per heavy atom. The summed E-state index contributed by atoms with van der Waals surface area (Å²) in [7, 11) is 1.66. The maximum absolute atomic E-state index is 12.6. The molecule has 25 heavy (non-hydrogen) atoms. The highest BCUT2D eigenvalue weighted by molar-refractivity contribution is 5.91. The summed E-state index contributed by atoms with van der Waals surface area (Å²) in [4.78, 5) is 12.6. The van der Waals surface area contributed by atoms with Crippen molar-refractivity contribution in [3.8, 4) is 5.75 Å². The van der Waals surface area contributed by atoms with Crippen LogP contribution in [0.5, 0.6) is 5.75 Å². The first-order valence-electron chi connectivity index (χ1n) is 9.03. The summed E-state index contributed by atoms with van der Waals surface area (Å²) in [6.45, 7) is 5.05. The van der Waals surface area contributed by atoms with Crippen LogP contribution in [0.1, 0.15) is 32.3 Å². The van der Waals surface area contributed by atoms with E-state index in [0.29, 0.717) is 12.3 Å². The summed E-state index contributed by atoms with van der Waals surface area (Å²) in [5.41, 5.74) is 1.03. The van der Waals surface area contributed by atoms with Crippen LogP contribution in [0, 0.1) is 5.92 Å². The Bertz CT molecular complexity index is 741. The van der Waals surface area contributed by atoms with Crippen LogP contribution in [0.3, 0.4) is 0 Å². The van der Waals surface area contributed by atoms with E-state index in [1.165, 1.54) is 0 Å². The SMILES string of the molecule is COc1ccc2cccc(CC(=O)N[C@@H]3CCO[C@@H](C(C)C)C3)c2c1. The van der Waals surface area contributed by atoms with Crippen LogP contribution < -0.4 is 10.1 Å². The summed E-state index contributed by atoms with van der Waals surface area (Å²) < 4.78 is 11.1. The van der Waals surface area contributed by atoms with Gasteiger partial charge in [0, 0.05) is 12.6 Å². The maximum atomic E-state index is 12.6. The fraction of sp³-hybridized carbons (Fsp3) is 0.476. The zero-order chi connectivity index (χ0) is 17.8. The number of benzene rings is 2. The molecule has 0 saturated carbocycles. The number of carbonyl (C=O) groups excluding carboxylic acids is 1. The molecule has 1 saturated heterocycles. The highest BCUT2D eigenvalue weighted by Crippen LogP contribution is 2.25. The van der Waals surface area contributed by atoms with Crippen molar-refractivity contribution in [2.75, 3.05) is 13.7 Å². The molecule has 2 aromatic carbocycles. The van der Waals surface area contributed by atoms with Crippen LogP contribution in [0.4, 0.5) is 0 Å². The van der Waals surface area contributed by atoms with Gasteiger partial charge in [0.05, 0.1) is 19.6 Å². The van der Waals surface area contributed by atoms with E-state index in [1.807, 2.05) is 30.3 Å². The van der Waals surface area contributed by atoms with Crippen molar-refractivity contribution in [3.05, 3.63) is 42.0 Å². The van der Waals surface area contributed by atoms with Crippen molar-refractivity contribution in [1.29, 1.82) is 0 Å². The second-order valence-electron chi connectivity index (χ2n) is 7.12. The van der Waals surface area contributed by atoms with Gasteiger partial charge in [-0.1, -0.05) is 38.1 Å². The van der Waals surface area contributed by atoms with E-state index >= 15 is 0 Å². The Kier molecular flexibility index (Phi) is 5.59. The maximum Gasteiger partial charge on any atom is 0.224 e. The first kappa shape index (κ1) is 17.7. The molecule has 0 aliphatic carbocycles. The Morgan fingerprint density at radius 3 is 2.92 bits per heavy atom. The van der Waals surface area contributed by atoms with Gasteiger partial charge in [-0.05, 0) is 47.2 Å². The first-order valence-corrected chi connectivity index (χ1v) is 9.03. The smallest absolute Gasteiger partial charge is 0.224 e. The Morgan fingerprint density at radius 2 is 2.16 bits per heavy atom. The van der Waals surface area contributed by atoms with Gasteiger partial charge in [-0.2, -0.15) is 0 Å². The molecule has 1 heterocycles. The number of hydrogen-bond donors (Lipinski definition) is 1. The number of nitrogens with one attached hydrogen (secondary N) is 1. The zero-order valence-corrected chi connectivity index (χ0v) is 15.2.